The molecule has 0 unspecified atom stereocenters. The number of rotatable bonds is 4. The number of aryl methyl sites for hydroxylation is 1. The van der Waals surface area contributed by atoms with Gasteiger partial charge in [0.05, 0.1) is 22.3 Å². The van der Waals surface area contributed by atoms with Gasteiger partial charge in [-0.05, 0) is 30.5 Å². The predicted octanol–water partition coefficient (Wildman–Crippen LogP) is 4.14. The molecule has 1 aromatic carbocycles. The Labute approximate surface area is 111 Å². The molecule has 1 heterocycles. The number of benzene rings is 1. The lowest BCUT2D eigenvalue weighted by molar-refractivity contribution is 0.907. The SMILES string of the molecule is CCCc1nc(/C=C/c2ccccc2C#N)cs1. The van der Waals surface area contributed by atoms with Crippen LogP contribution in [0, 0.1) is 11.3 Å². The highest BCUT2D eigenvalue weighted by Gasteiger charge is 1.99. The average molecular weight is 254 g/mol. The van der Waals surface area contributed by atoms with Crippen LogP contribution in [0.2, 0.25) is 0 Å². The minimum absolute atomic E-state index is 0.692. The highest BCUT2D eigenvalue weighted by atomic mass is 32.1. The third-order valence-electron chi connectivity index (χ3n) is 2.55. The van der Waals surface area contributed by atoms with E-state index in [0.717, 1.165) is 24.1 Å². The van der Waals surface area contributed by atoms with Crippen LogP contribution in [0.5, 0.6) is 0 Å². The van der Waals surface area contributed by atoms with Gasteiger partial charge in [0.25, 0.3) is 0 Å². The van der Waals surface area contributed by atoms with E-state index in [-0.39, 0.29) is 0 Å². The Bertz CT molecular complexity index is 591. The maximum absolute atomic E-state index is 8.99. The van der Waals surface area contributed by atoms with Gasteiger partial charge in [0.1, 0.15) is 0 Å². The zero-order valence-electron chi connectivity index (χ0n) is 10.3. The lowest BCUT2D eigenvalue weighted by Gasteiger charge is -1.95. The molecule has 0 saturated heterocycles. The molecule has 0 aliphatic rings. The first-order valence-electron chi connectivity index (χ1n) is 5.95. The highest BCUT2D eigenvalue weighted by molar-refractivity contribution is 7.09. The summed E-state index contributed by atoms with van der Waals surface area (Å²) in [6.45, 7) is 2.15. The molecule has 1 aromatic heterocycles. The van der Waals surface area contributed by atoms with E-state index in [4.69, 9.17) is 5.26 Å². The van der Waals surface area contributed by atoms with E-state index in [0.29, 0.717) is 5.56 Å². The lowest BCUT2D eigenvalue weighted by atomic mass is 10.1. The van der Waals surface area contributed by atoms with E-state index in [2.05, 4.69) is 23.4 Å². The molecule has 2 rings (SSSR count). The van der Waals surface area contributed by atoms with Gasteiger partial charge in [-0.15, -0.1) is 11.3 Å². The standard InChI is InChI=1S/C15H14N2S/c1-2-5-15-17-14(11-18-15)9-8-12-6-3-4-7-13(12)10-16/h3-4,6-9,11H,2,5H2,1H3/b9-8+. The molecular weight excluding hydrogens is 240 g/mol. The number of nitriles is 1. The van der Waals surface area contributed by atoms with Crippen LogP contribution in [0.25, 0.3) is 12.2 Å². The summed E-state index contributed by atoms with van der Waals surface area (Å²) in [6, 6.07) is 9.76. The van der Waals surface area contributed by atoms with Gasteiger partial charge in [0.15, 0.2) is 0 Å². The Morgan fingerprint density at radius 1 is 1.33 bits per heavy atom. The molecule has 0 saturated carbocycles. The number of aromatic nitrogens is 1. The summed E-state index contributed by atoms with van der Waals surface area (Å²) in [7, 11) is 0. The van der Waals surface area contributed by atoms with Crippen LogP contribution in [-0.2, 0) is 6.42 Å². The summed E-state index contributed by atoms with van der Waals surface area (Å²) in [5, 5.41) is 12.2. The Morgan fingerprint density at radius 3 is 2.94 bits per heavy atom. The van der Waals surface area contributed by atoms with Gasteiger partial charge in [-0.1, -0.05) is 31.2 Å². The molecule has 0 amide bonds. The fraction of sp³-hybridized carbons (Fsp3) is 0.200. The van der Waals surface area contributed by atoms with Crippen molar-refractivity contribution in [3.8, 4) is 6.07 Å². The Balaban J connectivity index is 2.17. The Morgan fingerprint density at radius 2 is 2.17 bits per heavy atom. The molecule has 0 aliphatic carbocycles. The van der Waals surface area contributed by atoms with Gasteiger partial charge in [0, 0.05) is 5.38 Å². The zero-order valence-corrected chi connectivity index (χ0v) is 11.1. The fourth-order valence-corrected chi connectivity index (χ4v) is 2.52. The summed E-state index contributed by atoms with van der Waals surface area (Å²) in [6.07, 6.45) is 6.07. The molecule has 2 nitrogen and oxygen atoms in total. The largest absolute Gasteiger partial charge is 0.242 e. The van der Waals surface area contributed by atoms with Crippen LogP contribution >= 0.6 is 11.3 Å². The molecule has 0 spiro atoms. The van der Waals surface area contributed by atoms with Crippen molar-refractivity contribution in [2.75, 3.05) is 0 Å². The van der Waals surface area contributed by atoms with E-state index in [9.17, 15) is 0 Å². The second kappa shape index (κ2) is 6.13. The summed E-state index contributed by atoms with van der Waals surface area (Å²) >= 11 is 1.69. The van der Waals surface area contributed by atoms with Crippen molar-refractivity contribution in [2.24, 2.45) is 0 Å². The predicted molar refractivity (Wildman–Crippen MR) is 76.2 cm³/mol. The van der Waals surface area contributed by atoms with Crippen LogP contribution in [0.15, 0.2) is 29.6 Å². The zero-order chi connectivity index (χ0) is 12.8. The first-order valence-corrected chi connectivity index (χ1v) is 6.83. The smallest absolute Gasteiger partial charge is 0.0997 e. The first-order chi connectivity index (χ1) is 8.83. The maximum atomic E-state index is 8.99. The van der Waals surface area contributed by atoms with Crippen LogP contribution < -0.4 is 0 Å². The molecule has 0 radical (unpaired) electrons. The quantitative estimate of drug-likeness (QED) is 0.822. The molecule has 0 bridgehead atoms. The van der Waals surface area contributed by atoms with Crippen LogP contribution in [-0.4, -0.2) is 4.98 Å². The van der Waals surface area contributed by atoms with Gasteiger partial charge in [-0.25, -0.2) is 4.98 Å². The Hall–Kier alpha value is -1.92. The van der Waals surface area contributed by atoms with E-state index in [1.165, 1.54) is 5.01 Å². The third kappa shape index (κ3) is 3.06. The Kier molecular flexibility index (Phi) is 4.27. The maximum Gasteiger partial charge on any atom is 0.0997 e. The first kappa shape index (κ1) is 12.5. The summed E-state index contributed by atoms with van der Waals surface area (Å²) in [5.41, 5.74) is 2.60. The van der Waals surface area contributed by atoms with E-state index >= 15 is 0 Å². The van der Waals surface area contributed by atoms with Gasteiger partial charge in [-0.3, -0.25) is 0 Å². The number of thiazole rings is 1. The van der Waals surface area contributed by atoms with E-state index in [1.807, 2.05) is 36.4 Å². The van der Waals surface area contributed by atoms with E-state index < -0.39 is 0 Å². The van der Waals surface area contributed by atoms with Crippen molar-refractivity contribution in [2.45, 2.75) is 19.8 Å². The number of hydrogen-bond acceptors (Lipinski definition) is 3. The van der Waals surface area contributed by atoms with Gasteiger partial charge in [-0.2, -0.15) is 5.26 Å². The molecule has 0 fully saturated rings. The number of hydrogen-bond donors (Lipinski definition) is 0. The second-order valence-electron chi connectivity index (χ2n) is 3.95. The van der Waals surface area contributed by atoms with Crippen LogP contribution in [0.3, 0.4) is 0 Å². The third-order valence-corrected chi connectivity index (χ3v) is 3.48. The molecule has 2 aromatic rings. The number of nitrogens with zero attached hydrogens (tertiary/aromatic N) is 2. The molecular formula is C15H14N2S. The average Bonchev–Trinajstić information content (AvgIpc) is 2.85. The minimum atomic E-state index is 0.692. The summed E-state index contributed by atoms with van der Waals surface area (Å²) in [5.74, 6) is 0. The van der Waals surface area contributed by atoms with Crippen LogP contribution in [0.1, 0.15) is 35.2 Å². The van der Waals surface area contributed by atoms with Crippen molar-refractivity contribution in [3.05, 3.63) is 51.5 Å². The minimum Gasteiger partial charge on any atom is -0.242 e. The van der Waals surface area contributed by atoms with Crippen molar-refractivity contribution in [3.63, 3.8) is 0 Å². The fourth-order valence-electron chi connectivity index (χ4n) is 1.65. The molecule has 90 valence electrons. The second-order valence-corrected chi connectivity index (χ2v) is 4.89. The van der Waals surface area contributed by atoms with E-state index in [1.54, 1.807) is 11.3 Å². The molecule has 18 heavy (non-hydrogen) atoms. The molecule has 0 N–H and O–H groups in total. The molecule has 0 aliphatic heterocycles. The normalized spacial score (nSPS) is 10.7. The van der Waals surface area contributed by atoms with Crippen molar-refractivity contribution < 1.29 is 0 Å². The summed E-state index contributed by atoms with van der Waals surface area (Å²) in [4.78, 5) is 4.52. The van der Waals surface area contributed by atoms with Gasteiger partial charge >= 0.3 is 0 Å². The monoisotopic (exact) mass is 254 g/mol. The van der Waals surface area contributed by atoms with Gasteiger partial charge in [0.2, 0.25) is 0 Å². The highest BCUT2D eigenvalue weighted by Crippen LogP contribution is 2.15. The topological polar surface area (TPSA) is 36.7 Å². The molecule has 0 atom stereocenters. The van der Waals surface area contributed by atoms with Crippen molar-refractivity contribution in [1.29, 1.82) is 5.26 Å². The van der Waals surface area contributed by atoms with Crippen molar-refractivity contribution >= 4 is 23.5 Å². The summed E-state index contributed by atoms with van der Waals surface area (Å²) < 4.78 is 0. The lowest BCUT2D eigenvalue weighted by Crippen LogP contribution is -1.82. The van der Waals surface area contributed by atoms with Crippen LogP contribution in [0.4, 0.5) is 0 Å². The van der Waals surface area contributed by atoms with Crippen molar-refractivity contribution in [1.82, 2.24) is 4.98 Å². The molecule has 3 heteroatoms. The van der Waals surface area contributed by atoms with Gasteiger partial charge < -0.3 is 0 Å².